The molecule has 0 spiro atoms. The van der Waals surface area contributed by atoms with Crippen LogP contribution >= 0.6 is 0 Å². The summed E-state index contributed by atoms with van der Waals surface area (Å²) in [5.74, 6) is 1.65. The Morgan fingerprint density at radius 2 is 1.77 bits per heavy atom. The average Bonchev–Trinajstić information content (AvgIpc) is 3.24. The molecule has 0 bridgehead atoms. The van der Waals surface area contributed by atoms with E-state index in [1.54, 1.807) is 30.9 Å². The highest BCUT2D eigenvalue weighted by Crippen LogP contribution is 2.39. The molecule has 6 rings (SSSR count). The number of hydrogen-bond acceptors (Lipinski definition) is 5. The number of aromatic nitrogens is 2. The normalized spacial score (nSPS) is 11.8. The molecule has 0 aliphatic rings. The van der Waals surface area contributed by atoms with Gasteiger partial charge in [-0.25, -0.2) is 0 Å². The first-order valence-electron chi connectivity index (χ1n) is 11.3. The summed E-state index contributed by atoms with van der Waals surface area (Å²) in [6.45, 7) is 0.438. The summed E-state index contributed by atoms with van der Waals surface area (Å²) < 4.78 is 18.8. The molecular weight excluding hydrogens is 440 g/mol. The van der Waals surface area contributed by atoms with Crippen molar-refractivity contribution in [3.8, 4) is 17.2 Å². The van der Waals surface area contributed by atoms with Gasteiger partial charge in [0, 0.05) is 22.4 Å². The summed E-state index contributed by atoms with van der Waals surface area (Å²) in [7, 11) is 3.10. The van der Waals surface area contributed by atoms with Crippen LogP contribution in [0.4, 0.5) is 0 Å². The third-order valence-electron chi connectivity index (χ3n) is 6.32. The van der Waals surface area contributed by atoms with Crippen molar-refractivity contribution < 1.29 is 14.2 Å². The lowest BCUT2D eigenvalue weighted by molar-refractivity contribution is 0.358. The fraction of sp³-hybridized carbons (Fsp3) is 0.103. The van der Waals surface area contributed by atoms with Gasteiger partial charge in [-0.05, 0) is 48.0 Å². The van der Waals surface area contributed by atoms with Gasteiger partial charge in [0.15, 0.2) is 11.5 Å². The minimum absolute atomic E-state index is 0.171. The second-order valence-electron chi connectivity index (χ2n) is 8.22. The van der Waals surface area contributed by atoms with E-state index in [2.05, 4.69) is 4.98 Å². The smallest absolute Gasteiger partial charge is 0.267 e. The zero-order valence-electron chi connectivity index (χ0n) is 19.3. The summed E-state index contributed by atoms with van der Waals surface area (Å²) in [6, 6.07) is 21.5. The molecule has 0 amide bonds. The van der Waals surface area contributed by atoms with Gasteiger partial charge in [-0.15, -0.1) is 0 Å². The Morgan fingerprint density at radius 1 is 0.914 bits per heavy atom. The van der Waals surface area contributed by atoms with Gasteiger partial charge in [0.2, 0.25) is 0 Å². The van der Waals surface area contributed by atoms with Gasteiger partial charge in [-0.1, -0.05) is 36.4 Å². The Hall–Kier alpha value is -4.58. The number of rotatable bonds is 6. The van der Waals surface area contributed by atoms with Crippen LogP contribution in [0.3, 0.4) is 0 Å². The van der Waals surface area contributed by atoms with Crippen LogP contribution in [0, 0.1) is 0 Å². The Morgan fingerprint density at radius 3 is 2.57 bits per heavy atom. The molecule has 3 heterocycles. The molecule has 3 aromatic heterocycles. The van der Waals surface area contributed by atoms with E-state index in [9.17, 15) is 4.79 Å². The molecule has 6 nitrogen and oxygen atoms in total. The molecule has 0 saturated heterocycles. The molecule has 0 N–H and O–H groups in total. The van der Waals surface area contributed by atoms with E-state index in [1.165, 1.54) is 0 Å². The topological polar surface area (TPSA) is 62.1 Å². The molecule has 0 atom stereocenters. The Labute approximate surface area is 200 Å². The maximum Gasteiger partial charge on any atom is 0.267 e. The van der Waals surface area contributed by atoms with Gasteiger partial charge in [0.25, 0.3) is 5.56 Å². The minimum atomic E-state index is -0.171. The molecule has 0 unspecified atom stereocenters. The first kappa shape index (κ1) is 21.0. The van der Waals surface area contributed by atoms with E-state index in [-0.39, 0.29) is 5.56 Å². The quantitative estimate of drug-likeness (QED) is 0.297. The van der Waals surface area contributed by atoms with Gasteiger partial charge < -0.3 is 14.2 Å². The van der Waals surface area contributed by atoms with Crippen molar-refractivity contribution in [3.05, 3.63) is 94.9 Å². The molecule has 172 valence electrons. The molecule has 35 heavy (non-hydrogen) atoms. The van der Waals surface area contributed by atoms with Crippen LogP contribution in [0.25, 0.3) is 44.2 Å². The fourth-order valence-corrected chi connectivity index (χ4v) is 4.78. The maximum absolute atomic E-state index is 13.8. The molecule has 0 radical (unpaired) electrons. The van der Waals surface area contributed by atoms with Gasteiger partial charge >= 0.3 is 0 Å². The molecule has 6 heteroatoms. The second-order valence-corrected chi connectivity index (χ2v) is 8.22. The predicted octanol–water partition coefficient (Wildman–Crippen LogP) is 5.70. The van der Waals surface area contributed by atoms with E-state index in [4.69, 9.17) is 14.2 Å². The predicted molar refractivity (Wildman–Crippen MR) is 139 cm³/mol. The third kappa shape index (κ3) is 3.26. The molecule has 3 aromatic carbocycles. The van der Waals surface area contributed by atoms with E-state index >= 15 is 0 Å². The highest BCUT2D eigenvalue weighted by molar-refractivity contribution is 6.19. The van der Waals surface area contributed by atoms with Crippen LogP contribution in [-0.2, 0) is 0 Å². The third-order valence-corrected chi connectivity index (χ3v) is 6.32. The van der Waals surface area contributed by atoms with Crippen molar-refractivity contribution in [1.29, 1.82) is 0 Å². The average molecular weight is 463 g/mol. The Balaban J connectivity index is 1.51. The van der Waals surface area contributed by atoms with Crippen LogP contribution in [0.15, 0.2) is 83.8 Å². The monoisotopic (exact) mass is 462 g/mol. The van der Waals surface area contributed by atoms with Gasteiger partial charge in [0.05, 0.1) is 36.2 Å². The Kier molecular flexibility index (Phi) is 4.99. The summed E-state index contributed by atoms with van der Waals surface area (Å²) in [4.78, 5) is 18.4. The largest absolute Gasteiger partial charge is 0.493 e. The SMILES string of the molecule is COc1ccc2c(c1OC)c(=O)n1c3ccc(OCC=Cc4ccccc4)cc3c3ccnc2c31. The molecule has 0 fully saturated rings. The van der Waals surface area contributed by atoms with Crippen molar-refractivity contribution in [3.63, 3.8) is 0 Å². The lowest BCUT2D eigenvalue weighted by Gasteiger charge is -2.12. The molecule has 0 aliphatic heterocycles. The van der Waals surface area contributed by atoms with Crippen LogP contribution in [-0.4, -0.2) is 30.2 Å². The highest BCUT2D eigenvalue weighted by Gasteiger charge is 2.22. The summed E-state index contributed by atoms with van der Waals surface area (Å²) >= 11 is 0. The number of nitrogens with zero attached hydrogens (tertiary/aromatic N) is 2. The van der Waals surface area contributed by atoms with Crippen molar-refractivity contribution in [2.45, 2.75) is 0 Å². The van der Waals surface area contributed by atoms with Crippen LogP contribution in [0.1, 0.15) is 5.56 Å². The van der Waals surface area contributed by atoms with Crippen LogP contribution in [0.2, 0.25) is 0 Å². The van der Waals surface area contributed by atoms with E-state index < -0.39 is 0 Å². The summed E-state index contributed by atoms with van der Waals surface area (Å²) in [5, 5.41) is 3.06. The number of benzene rings is 3. The van der Waals surface area contributed by atoms with E-state index in [0.717, 1.165) is 44.0 Å². The molecular formula is C29H22N2O4. The number of pyridine rings is 2. The van der Waals surface area contributed by atoms with Crippen molar-refractivity contribution >= 4 is 44.2 Å². The lowest BCUT2D eigenvalue weighted by Crippen LogP contribution is -2.14. The van der Waals surface area contributed by atoms with Crippen LogP contribution < -0.4 is 19.8 Å². The fourth-order valence-electron chi connectivity index (χ4n) is 4.78. The summed E-state index contributed by atoms with van der Waals surface area (Å²) in [6.07, 6.45) is 5.79. The minimum Gasteiger partial charge on any atom is -0.493 e. The second kappa shape index (κ2) is 8.33. The summed E-state index contributed by atoms with van der Waals surface area (Å²) in [5.41, 5.74) is 3.27. The highest BCUT2D eigenvalue weighted by atomic mass is 16.5. The number of hydrogen-bond donors (Lipinski definition) is 0. The van der Waals surface area contributed by atoms with Crippen molar-refractivity contribution in [2.75, 3.05) is 20.8 Å². The number of ether oxygens (including phenoxy) is 3. The van der Waals surface area contributed by atoms with Crippen molar-refractivity contribution in [2.24, 2.45) is 0 Å². The first-order valence-corrected chi connectivity index (χ1v) is 11.3. The molecule has 0 saturated carbocycles. The Bertz CT molecular complexity index is 1790. The van der Waals surface area contributed by atoms with E-state index in [1.807, 2.05) is 72.8 Å². The molecule has 6 aromatic rings. The van der Waals surface area contributed by atoms with Gasteiger partial charge in [0.1, 0.15) is 12.4 Å². The maximum atomic E-state index is 13.8. The number of fused-ring (bicyclic) bond motifs is 5. The van der Waals surface area contributed by atoms with Crippen molar-refractivity contribution in [1.82, 2.24) is 9.38 Å². The first-order chi connectivity index (χ1) is 17.2. The lowest BCUT2D eigenvalue weighted by atomic mass is 10.1. The zero-order valence-corrected chi connectivity index (χ0v) is 19.3. The number of methoxy groups -OCH3 is 2. The zero-order chi connectivity index (χ0) is 23.9. The van der Waals surface area contributed by atoms with Crippen LogP contribution in [0.5, 0.6) is 17.2 Å². The standard InChI is InChI=1S/C29H22N2O4/c1-33-24-13-11-21-25(28(24)34-2)29(32)31-23-12-10-19(35-16-6-9-18-7-4-3-5-8-18)17-22(23)20-14-15-30-26(21)27(20)31/h3-15,17H,16H2,1-2H3. The van der Waals surface area contributed by atoms with Gasteiger partial charge in [-0.3, -0.25) is 14.2 Å². The van der Waals surface area contributed by atoms with Gasteiger partial charge in [-0.2, -0.15) is 0 Å². The molecule has 0 aliphatic carbocycles. The van der Waals surface area contributed by atoms with E-state index in [0.29, 0.717) is 23.5 Å².